The topological polar surface area (TPSA) is 115 Å². The van der Waals surface area contributed by atoms with Crippen LogP contribution in [0.3, 0.4) is 0 Å². The van der Waals surface area contributed by atoms with Gasteiger partial charge in [-0.05, 0) is 43.0 Å². The number of nitrogens with one attached hydrogen (secondary N) is 2. The molecule has 0 unspecified atom stereocenters. The van der Waals surface area contributed by atoms with Gasteiger partial charge in [0.05, 0.1) is 21.7 Å². The van der Waals surface area contributed by atoms with E-state index < -0.39 is 6.03 Å². The Balaban J connectivity index is 1.41. The third-order valence-electron chi connectivity index (χ3n) is 5.58. The molecule has 1 aliphatic rings. The molecular formula is C24H21ClN6O2. The summed E-state index contributed by atoms with van der Waals surface area (Å²) in [6, 6.07) is 13.2. The molecule has 166 valence electrons. The summed E-state index contributed by atoms with van der Waals surface area (Å²) in [5, 5.41) is 6.42. The number of carbonyl (C=O) groups is 2. The molecule has 0 aliphatic heterocycles. The Bertz CT molecular complexity index is 1380. The second kappa shape index (κ2) is 8.55. The van der Waals surface area contributed by atoms with Crippen molar-refractivity contribution < 1.29 is 9.59 Å². The number of nitrogens with two attached hydrogens (primary N) is 1. The summed E-state index contributed by atoms with van der Waals surface area (Å²) in [4.78, 5) is 34.3. The zero-order chi connectivity index (χ0) is 22.9. The highest BCUT2D eigenvalue weighted by Gasteiger charge is 2.26. The van der Waals surface area contributed by atoms with Crippen LogP contribution >= 0.6 is 11.6 Å². The van der Waals surface area contributed by atoms with E-state index in [9.17, 15) is 9.59 Å². The summed E-state index contributed by atoms with van der Waals surface area (Å²) in [6.07, 6.45) is 5.57. The largest absolute Gasteiger partial charge is 0.383 e. The quantitative estimate of drug-likeness (QED) is 0.352. The van der Waals surface area contributed by atoms with Crippen LogP contribution in [0.1, 0.15) is 28.8 Å². The van der Waals surface area contributed by atoms with E-state index in [1.807, 2.05) is 4.57 Å². The van der Waals surface area contributed by atoms with E-state index in [-0.39, 0.29) is 11.6 Å². The minimum atomic E-state index is -0.466. The summed E-state index contributed by atoms with van der Waals surface area (Å²) < 4.78 is 1.98. The Morgan fingerprint density at radius 3 is 2.70 bits per heavy atom. The monoisotopic (exact) mass is 460 g/mol. The van der Waals surface area contributed by atoms with Gasteiger partial charge in [0.15, 0.2) is 5.78 Å². The number of para-hydroxylation sites is 1. The molecule has 4 aromatic rings. The molecule has 0 bridgehead atoms. The van der Waals surface area contributed by atoms with Crippen molar-refractivity contribution in [2.75, 3.05) is 16.4 Å². The lowest BCUT2D eigenvalue weighted by molar-refractivity contribution is 0.104. The summed E-state index contributed by atoms with van der Waals surface area (Å²) in [7, 11) is 0. The van der Waals surface area contributed by atoms with E-state index >= 15 is 0 Å². The molecular weight excluding hydrogens is 440 g/mol. The van der Waals surface area contributed by atoms with Crippen molar-refractivity contribution in [3.05, 3.63) is 77.2 Å². The first-order valence-electron chi connectivity index (χ1n) is 10.6. The third-order valence-corrected chi connectivity index (χ3v) is 5.91. The van der Waals surface area contributed by atoms with Gasteiger partial charge in [0.1, 0.15) is 17.8 Å². The predicted molar refractivity (Wildman–Crippen MR) is 129 cm³/mol. The van der Waals surface area contributed by atoms with Gasteiger partial charge in [0.25, 0.3) is 0 Å². The van der Waals surface area contributed by atoms with Crippen molar-refractivity contribution in [1.29, 1.82) is 0 Å². The average Bonchev–Trinajstić information content (AvgIpc) is 3.54. The van der Waals surface area contributed by atoms with Gasteiger partial charge in [-0.15, -0.1) is 0 Å². The molecule has 9 heteroatoms. The van der Waals surface area contributed by atoms with Crippen LogP contribution in [0.2, 0.25) is 5.02 Å². The first kappa shape index (κ1) is 21.0. The standard InChI is InChI=1S/C24H21ClN6O2/c25-18-6-1-2-7-19(18)30-24(33)29-16-5-3-4-15(10-16)21(32)17-12-31(11-14-8-9-14)23-20(17)22(26)27-13-28-23/h1-7,10,12-14H,8-9,11H2,(H2,26,27,28)(H2,29,30,33). The number of halogens is 1. The summed E-state index contributed by atoms with van der Waals surface area (Å²) in [6.45, 7) is 0.796. The molecule has 0 atom stereocenters. The van der Waals surface area contributed by atoms with Crippen molar-refractivity contribution in [2.24, 2.45) is 5.92 Å². The van der Waals surface area contributed by atoms with E-state index in [4.69, 9.17) is 17.3 Å². The summed E-state index contributed by atoms with van der Waals surface area (Å²) >= 11 is 6.09. The van der Waals surface area contributed by atoms with Crippen molar-refractivity contribution in [3.63, 3.8) is 0 Å². The number of fused-ring (bicyclic) bond motifs is 1. The molecule has 0 radical (unpaired) electrons. The number of urea groups is 1. The van der Waals surface area contributed by atoms with Gasteiger partial charge in [-0.2, -0.15) is 0 Å². The van der Waals surface area contributed by atoms with E-state index in [1.54, 1.807) is 54.7 Å². The molecule has 8 nitrogen and oxygen atoms in total. The van der Waals surface area contributed by atoms with Gasteiger partial charge in [-0.3, -0.25) is 4.79 Å². The Hall–Kier alpha value is -3.91. The predicted octanol–water partition coefficient (Wildman–Crippen LogP) is 4.95. The fourth-order valence-corrected chi connectivity index (χ4v) is 3.96. The Kier molecular flexibility index (Phi) is 5.43. The van der Waals surface area contributed by atoms with E-state index in [1.165, 1.54) is 19.2 Å². The van der Waals surface area contributed by atoms with E-state index in [0.29, 0.717) is 44.5 Å². The fourth-order valence-electron chi connectivity index (χ4n) is 3.78. The minimum Gasteiger partial charge on any atom is -0.383 e. The second-order valence-electron chi connectivity index (χ2n) is 8.06. The SMILES string of the molecule is Nc1ncnc2c1c(C(=O)c1cccc(NC(=O)Nc3ccccc3Cl)c1)cn2CC1CC1. The number of aromatic nitrogens is 3. The maximum atomic E-state index is 13.4. The first-order chi connectivity index (χ1) is 16.0. The first-order valence-corrected chi connectivity index (χ1v) is 10.9. The molecule has 1 saturated carbocycles. The lowest BCUT2D eigenvalue weighted by Gasteiger charge is -2.10. The Morgan fingerprint density at radius 2 is 1.91 bits per heavy atom. The van der Waals surface area contributed by atoms with Crippen molar-refractivity contribution >= 4 is 51.6 Å². The van der Waals surface area contributed by atoms with Gasteiger partial charge in [0, 0.05) is 24.0 Å². The number of benzene rings is 2. The number of amides is 2. The molecule has 1 fully saturated rings. The number of hydrogen-bond donors (Lipinski definition) is 3. The van der Waals surface area contributed by atoms with Gasteiger partial charge in [-0.1, -0.05) is 35.9 Å². The van der Waals surface area contributed by atoms with Crippen LogP contribution in [0.5, 0.6) is 0 Å². The Labute approximate surface area is 194 Å². The summed E-state index contributed by atoms with van der Waals surface area (Å²) in [5.41, 5.74) is 8.60. The zero-order valence-corrected chi connectivity index (χ0v) is 18.3. The minimum absolute atomic E-state index is 0.216. The normalized spacial score (nSPS) is 13.1. The van der Waals surface area contributed by atoms with Crippen LogP contribution in [-0.2, 0) is 6.54 Å². The van der Waals surface area contributed by atoms with Crippen LogP contribution in [0, 0.1) is 5.92 Å². The van der Waals surface area contributed by atoms with Crippen LogP contribution in [0.25, 0.3) is 11.0 Å². The second-order valence-corrected chi connectivity index (χ2v) is 8.47. The molecule has 1 aliphatic carbocycles. The number of nitrogens with zero attached hydrogens (tertiary/aromatic N) is 3. The number of rotatable bonds is 6. The van der Waals surface area contributed by atoms with Crippen molar-refractivity contribution in [2.45, 2.75) is 19.4 Å². The lowest BCUT2D eigenvalue weighted by Crippen LogP contribution is -2.19. The van der Waals surface area contributed by atoms with Crippen LogP contribution in [0.15, 0.2) is 61.1 Å². The van der Waals surface area contributed by atoms with Gasteiger partial charge >= 0.3 is 6.03 Å². The van der Waals surface area contributed by atoms with E-state index in [0.717, 1.165) is 6.54 Å². The molecule has 0 saturated heterocycles. The van der Waals surface area contributed by atoms with Crippen LogP contribution < -0.4 is 16.4 Å². The molecule has 5 rings (SSSR count). The third kappa shape index (κ3) is 4.38. The summed E-state index contributed by atoms with van der Waals surface area (Å²) in [5.74, 6) is 0.654. The highest BCUT2D eigenvalue weighted by atomic mass is 35.5. The lowest BCUT2D eigenvalue weighted by atomic mass is 10.0. The molecule has 33 heavy (non-hydrogen) atoms. The van der Waals surface area contributed by atoms with Crippen molar-refractivity contribution in [3.8, 4) is 0 Å². The molecule has 2 aromatic heterocycles. The number of carbonyl (C=O) groups excluding carboxylic acids is 2. The maximum Gasteiger partial charge on any atom is 0.323 e. The fraction of sp³-hybridized carbons (Fsp3) is 0.167. The van der Waals surface area contributed by atoms with E-state index in [2.05, 4.69) is 20.6 Å². The zero-order valence-electron chi connectivity index (χ0n) is 17.6. The van der Waals surface area contributed by atoms with Gasteiger partial charge < -0.3 is 20.9 Å². The Morgan fingerprint density at radius 1 is 1.09 bits per heavy atom. The smallest absolute Gasteiger partial charge is 0.323 e. The molecule has 0 spiro atoms. The molecule has 2 heterocycles. The average molecular weight is 461 g/mol. The number of anilines is 3. The molecule has 4 N–H and O–H groups in total. The van der Waals surface area contributed by atoms with Crippen molar-refractivity contribution in [1.82, 2.24) is 14.5 Å². The highest BCUT2D eigenvalue weighted by molar-refractivity contribution is 6.33. The molecule has 2 aromatic carbocycles. The van der Waals surface area contributed by atoms with Crippen LogP contribution in [0.4, 0.5) is 22.0 Å². The van der Waals surface area contributed by atoms with Gasteiger partial charge in [0.2, 0.25) is 0 Å². The number of nitrogen functional groups attached to an aromatic ring is 1. The van der Waals surface area contributed by atoms with Crippen LogP contribution in [-0.4, -0.2) is 26.3 Å². The highest BCUT2D eigenvalue weighted by Crippen LogP contribution is 2.34. The number of hydrogen-bond acceptors (Lipinski definition) is 5. The number of ketones is 1. The maximum absolute atomic E-state index is 13.4. The van der Waals surface area contributed by atoms with Gasteiger partial charge in [-0.25, -0.2) is 14.8 Å². The molecule has 2 amide bonds.